The molecular formula is C10H17NO. The predicted octanol–water partition coefficient (Wildman–Crippen LogP) is 1.34. The van der Waals surface area contributed by atoms with Crippen LogP contribution in [0.3, 0.4) is 0 Å². The number of rotatable bonds is 0. The summed E-state index contributed by atoms with van der Waals surface area (Å²) in [5.41, 5.74) is 5.88. The smallest absolute Gasteiger partial charge is 0.156 e. The van der Waals surface area contributed by atoms with Gasteiger partial charge in [0.15, 0.2) is 5.78 Å². The molecule has 68 valence electrons. The van der Waals surface area contributed by atoms with E-state index in [9.17, 15) is 4.79 Å². The van der Waals surface area contributed by atoms with E-state index in [0.717, 1.165) is 12.8 Å². The molecule has 12 heavy (non-hydrogen) atoms. The molecule has 0 aliphatic heterocycles. The average molecular weight is 167 g/mol. The van der Waals surface area contributed by atoms with Crippen LogP contribution >= 0.6 is 0 Å². The number of hydrogen-bond donors (Lipinski definition) is 1. The van der Waals surface area contributed by atoms with Crippen molar-refractivity contribution in [3.05, 3.63) is 0 Å². The Morgan fingerprint density at radius 2 is 2.00 bits per heavy atom. The molecule has 0 spiro atoms. The Morgan fingerprint density at radius 1 is 1.42 bits per heavy atom. The molecule has 0 aromatic carbocycles. The molecule has 2 nitrogen and oxygen atoms in total. The van der Waals surface area contributed by atoms with Crippen molar-refractivity contribution >= 4 is 5.78 Å². The van der Waals surface area contributed by atoms with Gasteiger partial charge in [-0.3, -0.25) is 4.79 Å². The van der Waals surface area contributed by atoms with Crippen LogP contribution in [0.2, 0.25) is 0 Å². The van der Waals surface area contributed by atoms with Gasteiger partial charge >= 0.3 is 0 Å². The van der Waals surface area contributed by atoms with Crippen LogP contribution in [0.4, 0.5) is 0 Å². The highest BCUT2D eigenvalue weighted by atomic mass is 16.1. The number of fused-ring (bicyclic) bond motifs is 2. The minimum absolute atomic E-state index is 0.128. The molecular weight excluding hydrogens is 150 g/mol. The molecule has 2 heteroatoms. The molecule has 3 atom stereocenters. The van der Waals surface area contributed by atoms with Gasteiger partial charge in [-0.15, -0.1) is 0 Å². The zero-order chi connectivity index (χ0) is 9.15. The molecule has 0 amide bonds. The maximum Gasteiger partial charge on any atom is 0.156 e. The minimum Gasteiger partial charge on any atom is -0.321 e. The van der Waals surface area contributed by atoms with Crippen molar-refractivity contribution < 1.29 is 4.79 Å². The van der Waals surface area contributed by atoms with Crippen molar-refractivity contribution in [1.29, 1.82) is 0 Å². The Bertz CT molecular complexity index is 246. The summed E-state index contributed by atoms with van der Waals surface area (Å²) in [6.07, 6.45) is 2.17. The van der Waals surface area contributed by atoms with Crippen LogP contribution < -0.4 is 5.73 Å². The van der Waals surface area contributed by atoms with Crippen molar-refractivity contribution in [3.63, 3.8) is 0 Å². The summed E-state index contributed by atoms with van der Waals surface area (Å²) in [6, 6.07) is -0.182. The molecule has 0 aromatic rings. The Balaban J connectivity index is 2.50. The molecule has 2 saturated carbocycles. The van der Waals surface area contributed by atoms with E-state index in [0.29, 0.717) is 11.7 Å². The third-order valence-corrected chi connectivity index (χ3v) is 4.58. The minimum atomic E-state index is -0.182. The van der Waals surface area contributed by atoms with Gasteiger partial charge in [0, 0.05) is 5.41 Å². The van der Waals surface area contributed by atoms with Gasteiger partial charge < -0.3 is 5.73 Å². The quantitative estimate of drug-likeness (QED) is 0.591. The maximum absolute atomic E-state index is 11.8. The molecule has 1 unspecified atom stereocenters. The third kappa shape index (κ3) is 0.598. The third-order valence-electron chi connectivity index (χ3n) is 4.58. The lowest BCUT2D eigenvalue weighted by molar-refractivity contribution is -0.129. The first-order chi connectivity index (χ1) is 5.41. The van der Waals surface area contributed by atoms with E-state index >= 15 is 0 Å². The van der Waals surface area contributed by atoms with E-state index in [-0.39, 0.29) is 16.9 Å². The lowest BCUT2D eigenvalue weighted by Gasteiger charge is -2.32. The molecule has 2 bridgehead atoms. The van der Waals surface area contributed by atoms with Gasteiger partial charge in [-0.05, 0) is 24.2 Å². The fourth-order valence-corrected chi connectivity index (χ4v) is 3.16. The molecule has 2 aliphatic rings. The molecule has 0 radical (unpaired) electrons. The van der Waals surface area contributed by atoms with Crippen molar-refractivity contribution in [2.45, 2.75) is 39.7 Å². The highest BCUT2D eigenvalue weighted by Crippen LogP contribution is 2.62. The Labute approximate surface area is 73.5 Å². The van der Waals surface area contributed by atoms with Gasteiger partial charge in [0.25, 0.3) is 0 Å². The Hall–Kier alpha value is -0.370. The first-order valence-electron chi connectivity index (χ1n) is 4.71. The van der Waals surface area contributed by atoms with Gasteiger partial charge in [0.2, 0.25) is 0 Å². The van der Waals surface area contributed by atoms with Crippen molar-refractivity contribution in [2.75, 3.05) is 0 Å². The van der Waals surface area contributed by atoms with Gasteiger partial charge in [0.05, 0.1) is 6.04 Å². The summed E-state index contributed by atoms with van der Waals surface area (Å²) >= 11 is 0. The summed E-state index contributed by atoms with van der Waals surface area (Å²) in [7, 11) is 0. The Kier molecular flexibility index (Phi) is 1.32. The first kappa shape index (κ1) is 8.24. The lowest BCUT2D eigenvalue weighted by Crippen LogP contribution is -2.39. The molecule has 0 saturated heterocycles. The normalized spacial score (nSPS) is 50.2. The van der Waals surface area contributed by atoms with Crippen LogP contribution in [-0.4, -0.2) is 11.8 Å². The highest BCUT2D eigenvalue weighted by molar-refractivity contribution is 5.94. The molecule has 2 rings (SSSR count). The van der Waals surface area contributed by atoms with E-state index in [1.165, 1.54) is 0 Å². The molecule has 0 aromatic heterocycles. The molecule has 2 aliphatic carbocycles. The second-order valence-electron chi connectivity index (χ2n) is 5.09. The molecule has 2 fully saturated rings. The molecule has 0 heterocycles. The van der Waals surface area contributed by atoms with E-state index in [4.69, 9.17) is 5.73 Å². The standard InChI is InChI=1S/C10H17NO/c1-9(2)6-4-5-10(9,3)8(12)7(6)11/h6-7H,4-5,11H2,1-3H3/t6-,7?,10+/m1/s1. The second-order valence-corrected chi connectivity index (χ2v) is 5.09. The number of carbonyl (C=O) groups is 1. The number of carbonyl (C=O) groups excluding carboxylic acids is 1. The summed E-state index contributed by atoms with van der Waals surface area (Å²) < 4.78 is 0. The summed E-state index contributed by atoms with van der Waals surface area (Å²) in [6.45, 7) is 6.47. The summed E-state index contributed by atoms with van der Waals surface area (Å²) in [5.74, 6) is 0.721. The zero-order valence-corrected chi connectivity index (χ0v) is 8.05. The van der Waals surface area contributed by atoms with Crippen LogP contribution in [0.5, 0.6) is 0 Å². The maximum atomic E-state index is 11.8. The SMILES string of the molecule is CC1(C)[C@@H]2CC[C@@]1(C)C(=O)C2N. The number of nitrogens with two attached hydrogens (primary N) is 1. The monoisotopic (exact) mass is 167 g/mol. The van der Waals surface area contributed by atoms with Crippen LogP contribution in [0.15, 0.2) is 0 Å². The van der Waals surface area contributed by atoms with Gasteiger partial charge in [0.1, 0.15) is 0 Å². The topological polar surface area (TPSA) is 43.1 Å². The number of Topliss-reactive ketones (excluding diaryl/α,β-unsaturated/α-hetero) is 1. The number of ketones is 1. The number of hydrogen-bond acceptors (Lipinski definition) is 2. The van der Waals surface area contributed by atoms with Crippen molar-refractivity contribution in [3.8, 4) is 0 Å². The fourth-order valence-electron chi connectivity index (χ4n) is 3.16. The van der Waals surface area contributed by atoms with Crippen molar-refractivity contribution in [1.82, 2.24) is 0 Å². The fraction of sp³-hybridized carbons (Fsp3) is 0.900. The van der Waals surface area contributed by atoms with Crippen LogP contribution in [0.25, 0.3) is 0 Å². The largest absolute Gasteiger partial charge is 0.321 e. The predicted molar refractivity (Wildman–Crippen MR) is 47.6 cm³/mol. The van der Waals surface area contributed by atoms with Crippen LogP contribution in [0, 0.1) is 16.7 Å². The zero-order valence-electron chi connectivity index (χ0n) is 8.05. The van der Waals surface area contributed by atoms with E-state index in [1.54, 1.807) is 0 Å². The lowest BCUT2D eigenvalue weighted by atomic mass is 9.70. The van der Waals surface area contributed by atoms with Crippen LogP contribution in [-0.2, 0) is 4.79 Å². The van der Waals surface area contributed by atoms with E-state index < -0.39 is 0 Å². The summed E-state index contributed by atoms with van der Waals surface area (Å²) in [5, 5.41) is 0. The summed E-state index contributed by atoms with van der Waals surface area (Å²) in [4.78, 5) is 11.8. The molecule has 2 N–H and O–H groups in total. The van der Waals surface area contributed by atoms with Gasteiger partial charge in [-0.1, -0.05) is 20.8 Å². The second kappa shape index (κ2) is 1.92. The van der Waals surface area contributed by atoms with Gasteiger partial charge in [-0.2, -0.15) is 0 Å². The Morgan fingerprint density at radius 3 is 2.25 bits per heavy atom. The highest BCUT2D eigenvalue weighted by Gasteiger charge is 2.65. The van der Waals surface area contributed by atoms with Crippen LogP contribution in [0.1, 0.15) is 33.6 Å². The first-order valence-corrected chi connectivity index (χ1v) is 4.71. The van der Waals surface area contributed by atoms with E-state index in [2.05, 4.69) is 20.8 Å². The van der Waals surface area contributed by atoms with Gasteiger partial charge in [-0.25, -0.2) is 0 Å². The van der Waals surface area contributed by atoms with E-state index in [1.807, 2.05) is 0 Å². The van der Waals surface area contributed by atoms with Crippen molar-refractivity contribution in [2.24, 2.45) is 22.5 Å². The average Bonchev–Trinajstić information content (AvgIpc) is 2.26.